The van der Waals surface area contributed by atoms with Gasteiger partial charge in [0.25, 0.3) is 5.91 Å². The van der Waals surface area contributed by atoms with Gasteiger partial charge in [0.15, 0.2) is 0 Å². The van der Waals surface area contributed by atoms with Gasteiger partial charge in [-0.1, -0.05) is 44.4 Å². The summed E-state index contributed by atoms with van der Waals surface area (Å²) in [6.45, 7) is 7.26. The molecule has 0 aliphatic carbocycles. The summed E-state index contributed by atoms with van der Waals surface area (Å²) in [7, 11) is 1.53. The Bertz CT molecular complexity index is 1190. The first-order chi connectivity index (χ1) is 19.9. The molecule has 230 valence electrons. The molecular weight excluding hydrogens is 540 g/mol. The minimum Gasteiger partial charge on any atom is -0.508 e. The average molecular weight is 585 g/mol. The highest BCUT2D eigenvalue weighted by Gasteiger charge is 2.37. The van der Waals surface area contributed by atoms with Crippen LogP contribution in [0.4, 0.5) is 10.5 Å². The molecule has 2 rings (SSSR count). The number of rotatable bonds is 15. The molecule has 0 bridgehead atoms. The summed E-state index contributed by atoms with van der Waals surface area (Å²) in [6, 6.07) is 10.5. The lowest BCUT2D eigenvalue weighted by molar-refractivity contribution is -0.141. The topological polar surface area (TPSA) is 160 Å². The summed E-state index contributed by atoms with van der Waals surface area (Å²) in [4.78, 5) is 53.8. The van der Waals surface area contributed by atoms with Crippen LogP contribution in [-0.2, 0) is 19.1 Å². The number of hydrogen-bond acceptors (Lipinski definition) is 7. The van der Waals surface area contributed by atoms with E-state index in [1.807, 2.05) is 0 Å². The fourth-order valence-electron chi connectivity index (χ4n) is 4.32. The number of anilines is 1. The number of primary amides is 1. The zero-order valence-electron chi connectivity index (χ0n) is 25.1. The van der Waals surface area contributed by atoms with Gasteiger partial charge in [0.2, 0.25) is 11.8 Å². The lowest BCUT2D eigenvalue weighted by Gasteiger charge is -2.34. The molecule has 4 amide bonds. The summed E-state index contributed by atoms with van der Waals surface area (Å²) in [5, 5.41) is 16.2. The van der Waals surface area contributed by atoms with Crippen molar-refractivity contribution in [3.05, 3.63) is 54.1 Å². The van der Waals surface area contributed by atoms with Crippen molar-refractivity contribution < 1.29 is 33.8 Å². The molecule has 0 aliphatic rings. The second kappa shape index (κ2) is 16.2. The number of nitrogens with two attached hydrogens (primary N) is 1. The van der Waals surface area contributed by atoms with Gasteiger partial charge in [0.1, 0.15) is 29.2 Å². The normalized spacial score (nSPS) is 12.5. The van der Waals surface area contributed by atoms with Crippen molar-refractivity contribution in [2.45, 2.75) is 83.9 Å². The van der Waals surface area contributed by atoms with E-state index in [4.69, 9.17) is 15.2 Å². The highest BCUT2D eigenvalue weighted by molar-refractivity contribution is 5.99. The number of amides is 4. The van der Waals surface area contributed by atoms with Gasteiger partial charge < -0.3 is 35.8 Å². The number of phenols is 1. The molecule has 11 heteroatoms. The fourth-order valence-corrected chi connectivity index (χ4v) is 4.32. The van der Waals surface area contributed by atoms with Crippen LogP contribution in [0.3, 0.4) is 0 Å². The van der Waals surface area contributed by atoms with Crippen LogP contribution in [0.2, 0.25) is 0 Å². The third-order valence-electron chi connectivity index (χ3n) is 6.35. The van der Waals surface area contributed by atoms with E-state index in [1.54, 1.807) is 63.2 Å². The number of methoxy groups -OCH3 is 1. The number of aromatic hydroxyl groups is 1. The van der Waals surface area contributed by atoms with E-state index in [0.29, 0.717) is 17.9 Å². The number of alkyl carbamates (subject to hydrolysis) is 1. The van der Waals surface area contributed by atoms with E-state index < -0.39 is 41.5 Å². The number of hydrogen-bond donors (Lipinski definition) is 4. The molecule has 0 aromatic heterocycles. The Hall–Kier alpha value is -4.28. The van der Waals surface area contributed by atoms with Gasteiger partial charge in [0.05, 0.1) is 7.11 Å². The van der Waals surface area contributed by atoms with Crippen LogP contribution in [0, 0.1) is 0 Å². The highest BCUT2D eigenvalue weighted by Crippen LogP contribution is 2.31. The van der Waals surface area contributed by atoms with Crippen LogP contribution in [0.25, 0.3) is 0 Å². The van der Waals surface area contributed by atoms with Crippen molar-refractivity contribution in [1.82, 2.24) is 10.2 Å². The van der Waals surface area contributed by atoms with Gasteiger partial charge >= 0.3 is 6.09 Å². The van der Waals surface area contributed by atoms with Gasteiger partial charge in [-0.05, 0) is 63.9 Å². The fraction of sp³-hybridized carbons (Fsp3) is 0.484. The Morgan fingerprint density at radius 1 is 1.00 bits per heavy atom. The van der Waals surface area contributed by atoms with Crippen LogP contribution in [0.15, 0.2) is 48.5 Å². The summed E-state index contributed by atoms with van der Waals surface area (Å²) in [5.74, 6) is -1.41. The number of benzene rings is 2. The maximum absolute atomic E-state index is 14.2. The van der Waals surface area contributed by atoms with E-state index in [1.165, 1.54) is 18.1 Å². The first kappa shape index (κ1) is 33.9. The molecule has 2 aromatic rings. The van der Waals surface area contributed by atoms with Gasteiger partial charge in [0, 0.05) is 24.2 Å². The van der Waals surface area contributed by atoms with Crippen molar-refractivity contribution in [2.24, 2.45) is 5.73 Å². The van der Waals surface area contributed by atoms with Crippen LogP contribution in [-0.4, -0.2) is 59.1 Å². The number of carbonyl (C=O) groups excluding carboxylic acids is 4. The van der Waals surface area contributed by atoms with Crippen LogP contribution in [0.5, 0.6) is 11.5 Å². The minimum atomic E-state index is -1.26. The van der Waals surface area contributed by atoms with Gasteiger partial charge in [-0.2, -0.15) is 0 Å². The molecule has 0 saturated carbocycles. The third-order valence-corrected chi connectivity index (χ3v) is 6.35. The summed E-state index contributed by atoms with van der Waals surface area (Å²) < 4.78 is 10.6. The minimum absolute atomic E-state index is 0.105. The van der Waals surface area contributed by atoms with Crippen LogP contribution >= 0.6 is 0 Å². The zero-order chi connectivity index (χ0) is 31.3. The molecular formula is C31H44N4O7. The van der Waals surface area contributed by atoms with Gasteiger partial charge in [-0.3, -0.25) is 14.4 Å². The molecule has 42 heavy (non-hydrogen) atoms. The predicted molar refractivity (Wildman–Crippen MR) is 160 cm³/mol. The summed E-state index contributed by atoms with van der Waals surface area (Å²) >= 11 is 0. The lowest BCUT2D eigenvalue weighted by atomic mass is 9.99. The number of nitrogens with one attached hydrogen (secondary N) is 2. The van der Waals surface area contributed by atoms with E-state index >= 15 is 0 Å². The predicted octanol–water partition coefficient (Wildman–Crippen LogP) is 4.65. The van der Waals surface area contributed by atoms with Crippen molar-refractivity contribution in [1.29, 1.82) is 0 Å². The third kappa shape index (κ3) is 10.9. The number of ether oxygens (including phenoxy) is 2. The molecule has 5 N–H and O–H groups in total. The average Bonchev–Trinajstić information content (AvgIpc) is 2.92. The first-order valence-corrected chi connectivity index (χ1v) is 14.2. The molecule has 0 fully saturated rings. The van der Waals surface area contributed by atoms with E-state index in [-0.39, 0.29) is 30.7 Å². The number of phenolic OH excluding ortho intramolecular Hbond substituents is 1. The standard InChI is InChI=1S/C31H44N4O7/c1-6-7-8-11-20-35(29(39)24(18-19-26(32)37)34-30(40)42-31(2,3)4)27(23-12-9-10-13-25(23)36)28(38)33-21-14-16-22(41-5)17-15-21/h9-10,12-17,24,27,36H,6-8,11,18-20H2,1-5H3,(H2,32,37)(H,33,38)(H,34,40). The highest BCUT2D eigenvalue weighted by atomic mass is 16.6. The number of para-hydroxylation sites is 1. The Labute approximate surface area is 247 Å². The van der Waals surface area contributed by atoms with E-state index in [0.717, 1.165) is 19.3 Å². The monoisotopic (exact) mass is 584 g/mol. The van der Waals surface area contributed by atoms with Crippen LogP contribution in [0.1, 0.15) is 77.8 Å². The maximum atomic E-state index is 14.2. The van der Waals surface area contributed by atoms with Crippen molar-refractivity contribution in [2.75, 3.05) is 19.0 Å². The lowest BCUT2D eigenvalue weighted by Crippen LogP contribution is -2.52. The molecule has 0 aliphatic heterocycles. The van der Waals surface area contributed by atoms with Gasteiger partial charge in [-0.15, -0.1) is 0 Å². The largest absolute Gasteiger partial charge is 0.508 e. The Morgan fingerprint density at radius 2 is 1.67 bits per heavy atom. The zero-order valence-corrected chi connectivity index (χ0v) is 25.1. The number of unbranched alkanes of at least 4 members (excludes halogenated alkanes) is 3. The van der Waals surface area contributed by atoms with E-state index in [9.17, 15) is 24.3 Å². The molecule has 0 saturated heterocycles. The van der Waals surface area contributed by atoms with E-state index in [2.05, 4.69) is 17.6 Å². The number of nitrogens with zero attached hydrogens (tertiary/aromatic N) is 1. The summed E-state index contributed by atoms with van der Waals surface area (Å²) in [5.41, 5.74) is 5.20. The molecule has 2 unspecified atom stereocenters. The Morgan fingerprint density at radius 3 is 2.24 bits per heavy atom. The Kier molecular flexibility index (Phi) is 13.1. The Balaban J connectivity index is 2.55. The molecule has 0 heterocycles. The molecule has 2 atom stereocenters. The van der Waals surface area contributed by atoms with Crippen molar-refractivity contribution >= 4 is 29.5 Å². The molecule has 2 aromatic carbocycles. The molecule has 0 radical (unpaired) electrons. The smallest absolute Gasteiger partial charge is 0.408 e. The van der Waals surface area contributed by atoms with Crippen molar-refractivity contribution in [3.8, 4) is 11.5 Å². The van der Waals surface area contributed by atoms with Crippen molar-refractivity contribution in [3.63, 3.8) is 0 Å². The van der Waals surface area contributed by atoms with Crippen LogP contribution < -0.4 is 21.1 Å². The summed E-state index contributed by atoms with van der Waals surface area (Å²) in [6.07, 6.45) is 2.09. The first-order valence-electron chi connectivity index (χ1n) is 14.2. The molecule has 0 spiro atoms. The SMILES string of the molecule is CCCCCCN(C(=O)C(CCC(N)=O)NC(=O)OC(C)(C)C)C(C(=O)Nc1ccc(OC)cc1)c1ccccc1O. The van der Waals surface area contributed by atoms with Gasteiger partial charge in [-0.25, -0.2) is 4.79 Å². The second-order valence-corrected chi connectivity index (χ2v) is 11.0. The maximum Gasteiger partial charge on any atom is 0.408 e. The quantitative estimate of drug-likeness (QED) is 0.222. The number of carbonyl (C=O) groups is 4. The second-order valence-electron chi connectivity index (χ2n) is 11.0. The molecule has 11 nitrogen and oxygen atoms in total.